The molecule has 2 N–H and O–H groups in total. The van der Waals surface area contributed by atoms with E-state index < -0.39 is 41.0 Å². The van der Waals surface area contributed by atoms with E-state index in [1.165, 1.54) is 38.4 Å². The van der Waals surface area contributed by atoms with E-state index in [0.29, 0.717) is 6.54 Å². The Morgan fingerprint density at radius 3 is 2.46 bits per heavy atom. The predicted octanol–water partition coefficient (Wildman–Crippen LogP) is -0.264. The number of nitrogens with one attached hydrogen (secondary N) is 2. The third kappa shape index (κ3) is 6.45. The van der Waals surface area contributed by atoms with Gasteiger partial charge in [0.2, 0.25) is 10.0 Å². The van der Waals surface area contributed by atoms with Crippen molar-refractivity contribution in [2.75, 3.05) is 33.8 Å². The van der Waals surface area contributed by atoms with Crippen LogP contribution >= 0.6 is 0 Å². The second kappa shape index (κ2) is 9.88. The van der Waals surface area contributed by atoms with Crippen molar-refractivity contribution in [3.63, 3.8) is 0 Å². The zero-order chi connectivity index (χ0) is 19.7. The number of ether oxygens (including phenoxy) is 1. The molecule has 144 valence electrons. The summed E-state index contributed by atoms with van der Waals surface area (Å²) in [5, 5.41) is 4.86. The van der Waals surface area contributed by atoms with Gasteiger partial charge in [0.25, 0.3) is 11.8 Å². The Kier molecular flexibility index (Phi) is 8.20. The summed E-state index contributed by atoms with van der Waals surface area (Å²) in [5.41, 5.74) is 0.0846. The molecule has 0 saturated heterocycles. The summed E-state index contributed by atoms with van der Waals surface area (Å²) in [7, 11) is -0.905. The number of sulfonamides is 1. The summed E-state index contributed by atoms with van der Waals surface area (Å²) in [5.74, 6) is -1.83. The quantitative estimate of drug-likeness (QED) is 0.565. The van der Waals surface area contributed by atoms with Crippen LogP contribution in [0.5, 0.6) is 0 Å². The summed E-state index contributed by atoms with van der Waals surface area (Å²) in [4.78, 5) is 34.9. The summed E-state index contributed by atoms with van der Waals surface area (Å²) in [6.07, 6.45) is 0.762. The van der Waals surface area contributed by atoms with E-state index in [1.807, 2.05) is 6.92 Å². The van der Waals surface area contributed by atoms with Gasteiger partial charge in [-0.3, -0.25) is 14.4 Å². The van der Waals surface area contributed by atoms with Crippen molar-refractivity contribution >= 4 is 27.8 Å². The van der Waals surface area contributed by atoms with E-state index in [2.05, 4.69) is 10.6 Å². The van der Waals surface area contributed by atoms with E-state index in [4.69, 9.17) is 4.74 Å². The van der Waals surface area contributed by atoms with Gasteiger partial charge in [-0.25, -0.2) is 12.7 Å². The Morgan fingerprint density at radius 2 is 1.85 bits per heavy atom. The van der Waals surface area contributed by atoms with Crippen LogP contribution in [0.1, 0.15) is 23.7 Å². The minimum Gasteiger partial charge on any atom is -0.454 e. The van der Waals surface area contributed by atoms with Crippen LogP contribution in [0, 0.1) is 0 Å². The lowest BCUT2D eigenvalue weighted by Crippen LogP contribution is -2.34. The lowest BCUT2D eigenvalue weighted by atomic mass is 10.2. The van der Waals surface area contributed by atoms with Gasteiger partial charge in [-0.15, -0.1) is 0 Å². The lowest BCUT2D eigenvalue weighted by molar-refractivity contribution is -0.147. The van der Waals surface area contributed by atoms with Crippen molar-refractivity contribution < 1.29 is 27.5 Å². The average Bonchev–Trinajstić information content (AvgIpc) is 2.62. The number of carbonyl (C=O) groups is 3. The molecule has 1 aromatic carbocycles. The van der Waals surface area contributed by atoms with Crippen molar-refractivity contribution in [2.45, 2.75) is 18.2 Å². The largest absolute Gasteiger partial charge is 0.454 e. The Hall–Kier alpha value is -2.46. The highest BCUT2D eigenvalue weighted by Crippen LogP contribution is 2.14. The molecule has 1 rings (SSSR count). The van der Waals surface area contributed by atoms with Crippen molar-refractivity contribution in [1.29, 1.82) is 0 Å². The smallest absolute Gasteiger partial charge is 0.325 e. The standard InChI is InChI=1S/C16H23N3O6S/c1-4-8-17-14(20)11-25-15(21)10-18-16(22)12-6-5-7-13(9-12)26(23,24)19(2)3/h5-7,9H,4,8,10-11H2,1-3H3,(H,17,20)(H,18,22). The third-order valence-corrected chi connectivity index (χ3v) is 5.02. The third-order valence-electron chi connectivity index (χ3n) is 3.20. The Balaban J connectivity index is 2.58. The molecule has 0 unspecified atom stereocenters. The lowest BCUT2D eigenvalue weighted by Gasteiger charge is -2.12. The van der Waals surface area contributed by atoms with Gasteiger partial charge in [-0.1, -0.05) is 13.0 Å². The molecule has 9 nitrogen and oxygen atoms in total. The van der Waals surface area contributed by atoms with Crippen LogP contribution in [0.2, 0.25) is 0 Å². The van der Waals surface area contributed by atoms with Crippen molar-refractivity contribution in [1.82, 2.24) is 14.9 Å². The second-order valence-electron chi connectivity index (χ2n) is 5.51. The van der Waals surface area contributed by atoms with Crippen LogP contribution in [0.15, 0.2) is 29.2 Å². The maximum Gasteiger partial charge on any atom is 0.325 e. The molecule has 0 spiro atoms. The molecule has 0 aliphatic heterocycles. The molecular formula is C16H23N3O6S. The van der Waals surface area contributed by atoms with Crippen LogP contribution in [0.25, 0.3) is 0 Å². The van der Waals surface area contributed by atoms with Crippen molar-refractivity contribution in [2.24, 2.45) is 0 Å². The monoisotopic (exact) mass is 385 g/mol. The maximum absolute atomic E-state index is 12.1. The minimum absolute atomic E-state index is 0.0367. The van der Waals surface area contributed by atoms with Gasteiger partial charge in [0.05, 0.1) is 4.90 Å². The first-order valence-corrected chi connectivity index (χ1v) is 9.35. The summed E-state index contributed by atoms with van der Waals surface area (Å²) < 4.78 is 29.9. The van der Waals surface area contributed by atoms with Crippen LogP contribution in [-0.4, -0.2) is 64.3 Å². The molecular weight excluding hydrogens is 362 g/mol. The van der Waals surface area contributed by atoms with Crippen molar-refractivity contribution in [3.8, 4) is 0 Å². The molecule has 0 atom stereocenters. The molecule has 0 aliphatic carbocycles. The highest BCUT2D eigenvalue weighted by atomic mass is 32.2. The molecule has 1 aromatic rings. The predicted molar refractivity (Wildman–Crippen MR) is 93.9 cm³/mol. The van der Waals surface area contributed by atoms with Crippen LogP contribution in [0.3, 0.4) is 0 Å². The van der Waals surface area contributed by atoms with Crippen molar-refractivity contribution in [3.05, 3.63) is 29.8 Å². The number of hydrogen-bond acceptors (Lipinski definition) is 6. The molecule has 26 heavy (non-hydrogen) atoms. The Bertz CT molecular complexity index is 761. The van der Waals surface area contributed by atoms with Gasteiger partial charge >= 0.3 is 5.97 Å². The molecule has 0 aliphatic rings. The number of nitrogens with zero attached hydrogens (tertiary/aromatic N) is 1. The number of rotatable bonds is 9. The first kappa shape index (κ1) is 21.6. The maximum atomic E-state index is 12.1. The number of esters is 1. The van der Waals surface area contributed by atoms with E-state index in [-0.39, 0.29) is 10.5 Å². The molecule has 2 amide bonds. The van der Waals surface area contributed by atoms with Gasteiger partial charge in [0.1, 0.15) is 6.54 Å². The fraction of sp³-hybridized carbons (Fsp3) is 0.438. The number of benzene rings is 1. The number of amides is 2. The van der Waals surface area contributed by atoms with Gasteiger partial charge in [0.15, 0.2) is 6.61 Å². The first-order chi connectivity index (χ1) is 12.2. The molecule has 0 bridgehead atoms. The molecule has 0 saturated carbocycles. The van der Waals surface area contributed by atoms with Gasteiger partial charge in [-0.2, -0.15) is 0 Å². The molecule has 0 fully saturated rings. The number of hydrogen-bond donors (Lipinski definition) is 2. The normalized spacial score (nSPS) is 11.1. The van der Waals surface area contributed by atoms with E-state index in [0.717, 1.165) is 10.7 Å². The summed E-state index contributed by atoms with van der Waals surface area (Å²) >= 11 is 0. The molecule has 10 heteroatoms. The topological polar surface area (TPSA) is 122 Å². The Labute approximate surface area is 152 Å². The van der Waals surface area contributed by atoms with E-state index >= 15 is 0 Å². The molecule has 0 aromatic heterocycles. The zero-order valence-electron chi connectivity index (χ0n) is 14.9. The SMILES string of the molecule is CCCNC(=O)COC(=O)CNC(=O)c1cccc(S(=O)(=O)N(C)C)c1. The molecule has 0 heterocycles. The first-order valence-electron chi connectivity index (χ1n) is 7.91. The van der Waals surface area contributed by atoms with E-state index in [9.17, 15) is 22.8 Å². The van der Waals surface area contributed by atoms with Crippen LogP contribution in [0.4, 0.5) is 0 Å². The fourth-order valence-electron chi connectivity index (χ4n) is 1.78. The van der Waals surface area contributed by atoms with Gasteiger partial charge < -0.3 is 15.4 Å². The van der Waals surface area contributed by atoms with Gasteiger partial charge in [0, 0.05) is 26.2 Å². The fourth-order valence-corrected chi connectivity index (χ4v) is 2.72. The number of carbonyl (C=O) groups excluding carboxylic acids is 3. The van der Waals surface area contributed by atoms with Crippen LogP contribution < -0.4 is 10.6 Å². The van der Waals surface area contributed by atoms with E-state index in [1.54, 1.807) is 0 Å². The highest BCUT2D eigenvalue weighted by Gasteiger charge is 2.19. The molecule has 0 radical (unpaired) electrons. The highest BCUT2D eigenvalue weighted by molar-refractivity contribution is 7.89. The average molecular weight is 385 g/mol. The van der Waals surface area contributed by atoms with Crippen LogP contribution in [-0.2, 0) is 24.3 Å². The summed E-state index contributed by atoms with van der Waals surface area (Å²) in [6, 6.07) is 5.44. The Morgan fingerprint density at radius 1 is 1.15 bits per heavy atom. The summed E-state index contributed by atoms with van der Waals surface area (Å²) in [6.45, 7) is 1.51. The van der Waals surface area contributed by atoms with Gasteiger partial charge in [-0.05, 0) is 24.6 Å². The second-order valence-corrected chi connectivity index (χ2v) is 7.66. The zero-order valence-corrected chi connectivity index (χ0v) is 15.8. The minimum atomic E-state index is -3.67.